The molecule has 0 amide bonds. The van der Waals surface area contributed by atoms with Crippen molar-refractivity contribution in [1.29, 1.82) is 0 Å². The van der Waals surface area contributed by atoms with Gasteiger partial charge in [-0.25, -0.2) is 0 Å². The molecule has 7 heteroatoms. The van der Waals surface area contributed by atoms with E-state index in [1.54, 1.807) is 39.8 Å². The molecule has 0 aliphatic carbocycles. The van der Waals surface area contributed by atoms with Crippen LogP contribution in [-0.2, 0) is 17.5 Å². The minimum absolute atomic E-state index is 0.0549. The molecule has 0 saturated heterocycles. The van der Waals surface area contributed by atoms with E-state index in [0.29, 0.717) is 6.42 Å². The van der Waals surface area contributed by atoms with Crippen LogP contribution >= 0.6 is 0 Å². The van der Waals surface area contributed by atoms with Crippen molar-refractivity contribution < 1.29 is 18.0 Å². The number of aromatic nitrogens is 2. The first-order valence-corrected chi connectivity index (χ1v) is 8.22. The summed E-state index contributed by atoms with van der Waals surface area (Å²) < 4.78 is 40.6. The van der Waals surface area contributed by atoms with Gasteiger partial charge in [0.1, 0.15) is 0 Å². The molecule has 25 heavy (non-hydrogen) atoms. The SMILES string of the molecule is C/C=C\C=C(/C(=O)C(C)CC)c1cc(C(F)(F)F)nn1CC(C)(C)N. The van der Waals surface area contributed by atoms with Gasteiger partial charge in [-0.05, 0) is 39.3 Å². The Bertz CT molecular complexity index is 664. The Morgan fingerprint density at radius 1 is 1.40 bits per heavy atom. The first kappa shape index (κ1) is 21.2. The van der Waals surface area contributed by atoms with E-state index in [9.17, 15) is 18.0 Å². The summed E-state index contributed by atoms with van der Waals surface area (Å²) >= 11 is 0. The molecule has 1 aromatic rings. The fourth-order valence-electron chi connectivity index (χ4n) is 2.22. The molecule has 0 fully saturated rings. The predicted molar refractivity (Wildman–Crippen MR) is 92.7 cm³/mol. The number of carbonyl (C=O) groups is 1. The van der Waals surface area contributed by atoms with Crippen LogP contribution < -0.4 is 5.73 Å². The molecular formula is C18H26F3N3O. The number of nitrogens with two attached hydrogens (primary N) is 1. The number of allylic oxidation sites excluding steroid dienone is 4. The number of nitrogens with zero attached hydrogens (tertiary/aromatic N) is 2. The summed E-state index contributed by atoms with van der Waals surface area (Å²) in [7, 11) is 0. The lowest BCUT2D eigenvalue weighted by Crippen LogP contribution is -2.38. The molecule has 0 spiro atoms. The largest absolute Gasteiger partial charge is 0.435 e. The second-order valence-corrected chi connectivity index (χ2v) is 6.84. The maximum absolute atomic E-state index is 13.1. The number of ketones is 1. The monoisotopic (exact) mass is 357 g/mol. The lowest BCUT2D eigenvalue weighted by atomic mass is 9.94. The highest BCUT2D eigenvalue weighted by atomic mass is 19.4. The summed E-state index contributed by atoms with van der Waals surface area (Å²) in [6.45, 7) is 8.82. The summed E-state index contributed by atoms with van der Waals surface area (Å²) in [6, 6.07) is 0.918. The zero-order valence-electron chi connectivity index (χ0n) is 15.3. The van der Waals surface area contributed by atoms with Crippen molar-refractivity contribution in [2.24, 2.45) is 11.7 Å². The minimum atomic E-state index is -4.59. The zero-order chi connectivity index (χ0) is 19.4. The molecule has 1 atom stereocenters. The van der Waals surface area contributed by atoms with E-state index in [2.05, 4.69) is 5.10 Å². The fourth-order valence-corrected chi connectivity index (χ4v) is 2.22. The van der Waals surface area contributed by atoms with Crippen LogP contribution in [0, 0.1) is 5.92 Å². The molecule has 1 rings (SSSR count). The molecule has 0 saturated carbocycles. The van der Waals surface area contributed by atoms with Gasteiger partial charge in [-0.3, -0.25) is 9.48 Å². The third kappa shape index (κ3) is 5.85. The number of hydrogen-bond acceptors (Lipinski definition) is 3. The van der Waals surface area contributed by atoms with E-state index in [-0.39, 0.29) is 29.5 Å². The van der Waals surface area contributed by atoms with Crippen molar-refractivity contribution in [2.75, 3.05) is 0 Å². The van der Waals surface area contributed by atoms with Crippen LogP contribution in [0.5, 0.6) is 0 Å². The topological polar surface area (TPSA) is 60.9 Å². The highest BCUT2D eigenvalue weighted by Crippen LogP contribution is 2.32. The van der Waals surface area contributed by atoms with Gasteiger partial charge < -0.3 is 5.73 Å². The molecule has 0 radical (unpaired) electrons. The van der Waals surface area contributed by atoms with Gasteiger partial charge >= 0.3 is 6.18 Å². The highest BCUT2D eigenvalue weighted by molar-refractivity contribution is 6.21. The summed E-state index contributed by atoms with van der Waals surface area (Å²) in [5.41, 5.74) is 4.48. The third-order valence-electron chi connectivity index (χ3n) is 3.68. The summed E-state index contributed by atoms with van der Waals surface area (Å²) in [5, 5.41) is 3.66. The summed E-state index contributed by atoms with van der Waals surface area (Å²) in [6.07, 6.45) is 0.875. The van der Waals surface area contributed by atoms with Crippen LogP contribution in [0.1, 0.15) is 52.4 Å². The van der Waals surface area contributed by atoms with E-state index in [1.807, 2.05) is 6.92 Å². The molecule has 4 nitrogen and oxygen atoms in total. The van der Waals surface area contributed by atoms with Crippen molar-refractivity contribution in [3.05, 3.63) is 35.7 Å². The molecule has 140 valence electrons. The van der Waals surface area contributed by atoms with Gasteiger partial charge in [0.2, 0.25) is 0 Å². The Hall–Kier alpha value is -1.89. The van der Waals surface area contributed by atoms with E-state index >= 15 is 0 Å². The van der Waals surface area contributed by atoms with Gasteiger partial charge in [0.15, 0.2) is 11.5 Å². The number of hydrogen-bond donors (Lipinski definition) is 1. The van der Waals surface area contributed by atoms with Gasteiger partial charge in [-0.15, -0.1) is 0 Å². The molecule has 0 aliphatic rings. The third-order valence-corrected chi connectivity index (χ3v) is 3.68. The summed E-state index contributed by atoms with van der Waals surface area (Å²) in [4.78, 5) is 12.7. The molecule has 1 unspecified atom stereocenters. The first-order chi connectivity index (χ1) is 11.4. The number of carbonyl (C=O) groups excluding carboxylic acids is 1. The highest BCUT2D eigenvalue weighted by Gasteiger charge is 2.36. The van der Waals surface area contributed by atoms with Gasteiger partial charge in [0, 0.05) is 17.0 Å². The van der Waals surface area contributed by atoms with E-state index in [4.69, 9.17) is 5.73 Å². The zero-order valence-corrected chi connectivity index (χ0v) is 15.3. The van der Waals surface area contributed by atoms with E-state index in [0.717, 1.165) is 6.07 Å². The van der Waals surface area contributed by atoms with Crippen molar-refractivity contribution in [3.8, 4) is 0 Å². The normalized spacial score (nSPS) is 15.0. The number of Topliss-reactive ketones (excluding diaryl/α,β-unsaturated/α-hetero) is 1. The van der Waals surface area contributed by atoms with Crippen molar-refractivity contribution in [2.45, 2.75) is 59.3 Å². The maximum Gasteiger partial charge on any atom is 0.435 e. The molecule has 0 aromatic carbocycles. The smallest absolute Gasteiger partial charge is 0.324 e. The van der Waals surface area contributed by atoms with Gasteiger partial charge in [0.25, 0.3) is 0 Å². The minimum Gasteiger partial charge on any atom is -0.324 e. The lowest BCUT2D eigenvalue weighted by Gasteiger charge is -2.21. The quantitative estimate of drug-likeness (QED) is 0.587. The average molecular weight is 357 g/mol. The molecule has 1 heterocycles. The Morgan fingerprint density at radius 2 is 2.00 bits per heavy atom. The number of halogens is 3. The van der Waals surface area contributed by atoms with Crippen molar-refractivity contribution >= 4 is 11.4 Å². The van der Waals surface area contributed by atoms with Crippen molar-refractivity contribution in [3.63, 3.8) is 0 Å². The van der Waals surface area contributed by atoms with Gasteiger partial charge in [-0.1, -0.05) is 26.0 Å². The van der Waals surface area contributed by atoms with Crippen molar-refractivity contribution in [1.82, 2.24) is 9.78 Å². The second-order valence-electron chi connectivity index (χ2n) is 6.84. The molecule has 0 aliphatic heterocycles. The number of alkyl halides is 3. The Balaban J connectivity index is 3.56. The Kier molecular flexibility index (Phi) is 6.76. The predicted octanol–water partition coefficient (Wildman–Crippen LogP) is 4.21. The van der Waals surface area contributed by atoms with Crippen LogP contribution in [0.15, 0.2) is 24.3 Å². The van der Waals surface area contributed by atoms with Crippen LogP contribution in [0.25, 0.3) is 5.57 Å². The number of rotatable bonds is 7. The first-order valence-electron chi connectivity index (χ1n) is 8.22. The van der Waals surface area contributed by atoms with E-state index < -0.39 is 17.4 Å². The van der Waals surface area contributed by atoms with Crippen LogP contribution in [0.3, 0.4) is 0 Å². The Labute approximate surface area is 146 Å². The molecular weight excluding hydrogens is 331 g/mol. The molecule has 1 aromatic heterocycles. The molecule has 2 N–H and O–H groups in total. The van der Waals surface area contributed by atoms with Gasteiger partial charge in [-0.2, -0.15) is 18.3 Å². The second kappa shape index (κ2) is 7.99. The van der Waals surface area contributed by atoms with Gasteiger partial charge in [0.05, 0.1) is 12.2 Å². The summed E-state index contributed by atoms with van der Waals surface area (Å²) in [5.74, 6) is -0.523. The van der Waals surface area contributed by atoms with Crippen LogP contribution in [0.4, 0.5) is 13.2 Å². The lowest BCUT2D eigenvalue weighted by molar-refractivity contribution is -0.141. The van der Waals surface area contributed by atoms with Crippen LogP contribution in [0.2, 0.25) is 0 Å². The Morgan fingerprint density at radius 3 is 2.44 bits per heavy atom. The maximum atomic E-state index is 13.1. The van der Waals surface area contributed by atoms with E-state index in [1.165, 1.54) is 10.8 Å². The standard InChI is InChI=1S/C18H26F3N3O/c1-6-8-9-13(16(25)12(3)7-2)14-10-15(18(19,20)21)23-24(14)11-17(4,5)22/h6,8-10,12H,7,11,22H2,1-5H3/b8-6-,13-9-. The molecule has 0 bridgehead atoms. The average Bonchev–Trinajstić information content (AvgIpc) is 2.88. The van der Waals surface area contributed by atoms with Crippen LogP contribution in [-0.4, -0.2) is 21.1 Å². The fraction of sp³-hybridized carbons (Fsp3) is 0.556.